The minimum Gasteiger partial charge on any atom is -0.473 e. The molecule has 1 fully saturated rings. The second-order valence-corrected chi connectivity index (χ2v) is 14.3. The highest BCUT2D eigenvalue weighted by atomic mass is 32.3. The van der Waals surface area contributed by atoms with Crippen LogP contribution in [-0.4, -0.2) is 85.5 Å². The van der Waals surface area contributed by atoms with E-state index in [1.54, 1.807) is 24.5 Å². The van der Waals surface area contributed by atoms with E-state index in [1.807, 2.05) is 60.7 Å². The Morgan fingerprint density at radius 3 is 1.67 bits per heavy atom. The van der Waals surface area contributed by atoms with Crippen LogP contribution in [0.15, 0.2) is 95.0 Å². The minimum absolute atomic E-state index is 0.300. The molecule has 46 heavy (non-hydrogen) atoms. The third-order valence-electron chi connectivity index (χ3n) is 8.98. The molecule has 4 heterocycles. The lowest BCUT2D eigenvalue weighted by atomic mass is 10.0. The number of nitrogens with one attached hydrogen (secondary N) is 2. The van der Waals surface area contributed by atoms with E-state index in [-0.39, 0.29) is 0 Å². The van der Waals surface area contributed by atoms with Crippen LogP contribution in [0.25, 0.3) is 44.1 Å². The molecule has 0 radical (unpaired) electrons. The zero-order valence-electron chi connectivity index (χ0n) is 24.6. The summed E-state index contributed by atoms with van der Waals surface area (Å²) in [6, 6.07) is 22.8. The number of anilines is 2. The van der Waals surface area contributed by atoms with Crippen molar-refractivity contribution in [3.05, 3.63) is 85.2 Å². The number of fused-ring (bicyclic) bond motifs is 4. The quantitative estimate of drug-likeness (QED) is 0.155. The lowest BCUT2D eigenvalue weighted by Crippen LogP contribution is -2.41. The van der Waals surface area contributed by atoms with Crippen LogP contribution in [0.1, 0.15) is 0 Å². The van der Waals surface area contributed by atoms with E-state index in [0.717, 1.165) is 57.1 Å². The van der Waals surface area contributed by atoms with E-state index in [2.05, 4.69) is 30.2 Å². The molecule has 0 spiro atoms. The van der Waals surface area contributed by atoms with Gasteiger partial charge in [0.05, 0.1) is 48.0 Å². The van der Waals surface area contributed by atoms with Crippen molar-refractivity contribution >= 4 is 53.8 Å². The maximum atomic E-state index is 13.5. The Labute approximate surface area is 264 Å². The molecule has 8 rings (SSSR count). The molecule has 4 N–H and O–H groups in total. The summed E-state index contributed by atoms with van der Waals surface area (Å²) in [7, 11) is -3.63. The van der Waals surface area contributed by atoms with E-state index in [4.69, 9.17) is 4.74 Å². The summed E-state index contributed by atoms with van der Waals surface area (Å²) in [6.07, 6.45) is 3.46. The van der Waals surface area contributed by atoms with Gasteiger partial charge in [-0.05, 0) is 70.8 Å². The number of ether oxygens (including phenoxy) is 1. The van der Waals surface area contributed by atoms with Crippen molar-refractivity contribution < 1.29 is 24.5 Å². The summed E-state index contributed by atoms with van der Waals surface area (Å²) in [5.74, 6) is 0. The first-order chi connectivity index (χ1) is 22.4. The standard InChI is InChI=1S/C34H30N6O5S/c41-33(42)46(34(43)44)31-17-23(21-1-5-27-25(15-21)19-35-37-27)3-7-29(31)40(10-9-39-11-13-45-14-12-39)30-8-4-24(18-32(30)46)22-2-6-28-26(16-22)20-36-38-28/h1-8,15-20H,9-14H2,(H,35,37)(H,36,38)(H,41,42)(H,43,44). The van der Waals surface area contributed by atoms with Crippen molar-refractivity contribution in [2.45, 2.75) is 9.79 Å². The molecule has 0 bridgehead atoms. The van der Waals surface area contributed by atoms with E-state index in [9.17, 15) is 19.8 Å². The van der Waals surface area contributed by atoms with Gasteiger partial charge in [-0.15, -0.1) is 0 Å². The molecule has 4 aromatic carbocycles. The Morgan fingerprint density at radius 1 is 0.696 bits per heavy atom. The molecular formula is C34H30N6O5S. The Balaban J connectivity index is 1.33. The number of aromatic amines is 2. The predicted octanol–water partition coefficient (Wildman–Crippen LogP) is 7.14. The molecule has 2 aromatic heterocycles. The number of morpholine rings is 1. The highest BCUT2D eigenvalue weighted by Crippen LogP contribution is 2.72. The summed E-state index contributed by atoms with van der Waals surface area (Å²) in [4.78, 5) is 32.0. The van der Waals surface area contributed by atoms with Crippen LogP contribution >= 0.6 is 10.0 Å². The van der Waals surface area contributed by atoms with Gasteiger partial charge in [0.2, 0.25) is 0 Å². The molecule has 11 nitrogen and oxygen atoms in total. The zero-order chi connectivity index (χ0) is 31.4. The molecule has 0 amide bonds. The second kappa shape index (κ2) is 11.0. The zero-order valence-corrected chi connectivity index (χ0v) is 25.5. The van der Waals surface area contributed by atoms with Crippen molar-refractivity contribution in [3.63, 3.8) is 0 Å². The second-order valence-electron chi connectivity index (χ2n) is 11.5. The molecule has 6 aromatic rings. The van der Waals surface area contributed by atoms with Gasteiger partial charge in [-0.2, -0.15) is 10.2 Å². The number of H-pyrrole nitrogens is 2. The normalized spacial score (nSPS) is 16.7. The molecule has 12 heteroatoms. The Morgan fingerprint density at radius 2 is 1.17 bits per heavy atom. The molecule has 0 atom stereocenters. The van der Waals surface area contributed by atoms with Crippen LogP contribution in [0.2, 0.25) is 0 Å². The maximum absolute atomic E-state index is 13.5. The molecule has 2 aliphatic heterocycles. The van der Waals surface area contributed by atoms with Gasteiger partial charge < -0.3 is 19.8 Å². The number of benzene rings is 4. The summed E-state index contributed by atoms with van der Waals surface area (Å²) >= 11 is 0. The fraction of sp³-hybridized carbons (Fsp3) is 0.176. The van der Waals surface area contributed by atoms with Crippen molar-refractivity contribution in [1.29, 1.82) is 0 Å². The monoisotopic (exact) mass is 634 g/mol. The van der Waals surface area contributed by atoms with Gasteiger partial charge in [0, 0.05) is 56.8 Å². The number of rotatable bonds is 5. The lowest BCUT2D eigenvalue weighted by Gasteiger charge is -2.44. The SMILES string of the molecule is O=C(O)S1(C(=O)O)c2cc(-c3ccc4[nH]ncc4c3)ccc2N(CCN2CCOCC2)c2ccc(-c3ccc4[nH]ncc4c3)cc21. The fourth-order valence-corrected chi connectivity index (χ4v) is 9.30. The van der Waals surface area contributed by atoms with E-state index in [0.29, 0.717) is 47.5 Å². The Bertz CT molecular complexity index is 2010. The Kier molecular flexibility index (Phi) is 6.78. The predicted molar refractivity (Wildman–Crippen MR) is 177 cm³/mol. The van der Waals surface area contributed by atoms with Gasteiger partial charge in [-0.3, -0.25) is 15.1 Å². The van der Waals surface area contributed by atoms with Crippen molar-refractivity contribution in [1.82, 2.24) is 25.3 Å². The van der Waals surface area contributed by atoms with Crippen molar-refractivity contribution in [2.75, 3.05) is 44.3 Å². The molecule has 1 saturated heterocycles. The lowest BCUT2D eigenvalue weighted by molar-refractivity contribution is 0.0394. The fourth-order valence-electron chi connectivity index (χ4n) is 6.57. The van der Waals surface area contributed by atoms with E-state index >= 15 is 0 Å². The third kappa shape index (κ3) is 4.44. The maximum Gasteiger partial charge on any atom is 0.365 e. The van der Waals surface area contributed by atoms with Crippen molar-refractivity contribution in [2.24, 2.45) is 0 Å². The summed E-state index contributed by atoms with van der Waals surface area (Å²) in [6.45, 7) is 4.19. The van der Waals surface area contributed by atoms with Crippen LogP contribution < -0.4 is 4.90 Å². The van der Waals surface area contributed by atoms with Crippen LogP contribution in [0.5, 0.6) is 0 Å². The summed E-state index contributed by atoms with van der Waals surface area (Å²) < 4.78 is 5.54. The highest BCUT2D eigenvalue weighted by Gasteiger charge is 2.51. The van der Waals surface area contributed by atoms with E-state index in [1.165, 1.54) is 0 Å². The first-order valence-electron chi connectivity index (χ1n) is 15.0. The largest absolute Gasteiger partial charge is 0.473 e. The van der Waals surface area contributed by atoms with Gasteiger partial charge in [-0.1, -0.05) is 24.3 Å². The molecular weight excluding hydrogens is 604 g/mol. The number of carbonyl (C=O) groups is 2. The van der Waals surface area contributed by atoms with Crippen LogP contribution in [-0.2, 0) is 4.74 Å². The number of carboxylic acid groups (broad SMARTS) is 2. The van der Waals surface area contributed by atoms with E-state index < -0.39 is 20.6 Å². The molecule has 0 unspecified atom stereocenters. The van der Waals surface area contributed by atoms with Crippen LogP contribution in [0.3, 0.4) is 0 Å². The van der Waals surface area contributed by atoms with Gasteiger partial charge in [0.1, 0.15) is 0 Å². The van der Waals surface area contributed by atoms with Gasteiger partial charge >= 0.3 is 10.6 Å². The van der Waals surface area contributed by atoms with Gasteiger partial charge in [0.25, 0.3) is 0 Å². The van der Waals surface area contributed by atoms with Crippen LogP contribution in [0, 0.1) is 0 Å². The van der Waals surface area contributed by atoms with Crippen LogP contribution in [0.4, 0.5) is 21.0 Å². The first-order valence-corrected chi connectivity index (χ1v) is 16.6. The summed E-state index contributed by atoms with van der Waals surface area (Å²) in [5.41, 5.74) is 6.10. The molecule has 0 aliphatic carbocycles. The topological polar surface area (TPSA) is 148 Å². The minimum atomic E-state index is -3.63. The average Bonchev–Trinajstić information content (AvgIpc) is 3.75. The Hall–Kier alpha value is -5.17. The highest BCUT2D eigenvalue weighted by molar-refractivity contribution is 8.55. The van der Waals surface area contributed by atoms with Gasteiger partial charge in [0.15, 0.2) is 0 Å². The number of nitrogens with zero attached hydrogens (tertiary/aromatic N) is 4. The molecule has 232 valence electrons. The molecule has 0 saturated carbocycles. The smallest absolute Gasteiger partial charge is 0.365 e. The average molecular weight is 635 g/mol. The first kappa shape index (κ1) is 28.3. The number of aromatic nitrogens is 4. The van der Waals surface area contributed by atoms with Crippen molar-refractivity contribution in [3.8, 4) is 22.3 Å². The number of hydrogen-bond acceptors (Lipinski definition) is 7. The third-order valence-corrected chi connectivity index (χ3v) is 12.0. The summed E-state index contributed by atoms with van der Waals surface area (Å²) in [5, 5.41) is 35.2. The number of hydrogen-bond donors (Lipinski definition) is 4. The molecule has 2 aliphatic rings. The van der Waals surface area contributed by atoms with Gasteiger partial charge in [-0.25, -0.2) is 9.59 Å².